The van der Waals surface area contributed by atoms with Crippen molar-refractivity contribution >= 4 is 11.9 Å². The molecule has 0 aliphatic rings. The SMILES string of the molecule is Cn1ncnc1NC(=O)c1cc(C(F)(F)F)ccc1F. The number of aromatic nitrogens is 3. The summed E-state index contributed by atoms with van der Waals surface area (Å²) < 4.78 is 52.2. The first-order valence-corrected chi connectivity index (χ1v) is 5.31. The van der Waals surface area contributed by atoms with Crippen LogP contribution in [0.4, 0.5) is 23.5 Å². The predicted molar refractivity (Wildman–Crippen MR) is 60.4 cm³/mol. The smallest absolute Gasteiger partial charge is 0.291 e. The second kappa shape index (κ2) is 4.91. The lowest BCUT2D eigenvalue weighted by Gasteiger charge is -2.09. The quantitative estimate of drug-likeness (QED) is 0.862. The topological polar surface area (TPSA) is 59.8 Å². The molecule has 0 spiro atoms. The molecule has 0 radical (unpaired) electrons. The van der Waals surface area contributed by atoms with Gasteiger partial charge in [-0.1, -0.05) is 0 Å². The lowest BCUT2D eigenvalue weighted by Crippen LogP contribution is -2.18. The number of halogens is 4. The number of rotatable bonds is 2. The van der Waals surface area contributed by atoms with Gasteiger partial charge in [-0.15, -0.1) is 0 Å². The van der Waals surface area contributed by atoms with E-state index in [9.17, 15) is 22.4 Å². The van der Waals surface area contributed by atoms with E-state index in [0.29, 0.717) is 18.2 Å². The molecule has 0 saturated heterocycles. The summed E-state index contributed by atoms with van der Waals surface area (Å²) in [4.78, 5) is 15.4. The number of anilines is 1. The molecule has 1 amide bonds. The molecule has 1 aromatic carbocycles. The van der Waals surface area contributed by atoms with Gasteiger partial charge in [-0.25, -0.2) is 9.07 Å². The number of aryl methyl sites for hydroxylation is 1. The predicted octanol–water partition coefficient (Wildman–Crippen LogP) is 2.23. The number of carbonyl (C=O) groups excluding carboxylic acids is 1. The van der Waals surface area contributed by atoms with Crippen LogP contribution in [0.3, 0.4) is 0 Å². The van der Waals surface area contributed by atoms with Crippen LogP contribution in [-0.4, -0.2) is 20.7 Å². The van der Waals surface area contributed by atoms with Crippen LogP contribution in [0, 0.1) is 5.82 Å². The van der Waals surface area contributed by atoms with Crippen molar-refractivity contribution in [2.45, 2.75) is 6.18 Å². The van der Waals surface area contributed by atoms with Crippen molar-refractivity contribution in [1.29, 1.82) is 0 Å². The average Bonchev–Trinajstić information content (AvgIpc) is 2.74. The molecule has 0 unspecified atom stereocenters. The van der Waals surface area contributed by atoms with Gasteiger partial charge < -0.3 is 0 Å². The highest BCUT2D eigenvalue weighted by molar-refractivity contribution is 6.03. The molecule has 20 heavy (non-hydrogen) atoms. The Labute approximate surface area is 110 Å². The second-order valence-electron chi connectivity index (χ2n) is 3.85. The van der Waals surface area contributed by atoms with Gasteiger partial charge in [0.2, 0.25) is 5.95 Å². The molecule has 2 rings (SSSR count). The minimum atomic E-state index is -4.66. The lowest BCUT2D eigenvalue weighted by molar-refractivity contribution is -0.137. The highest BCUT2D eigenvalue weighted by Crippen LogP contribution is 2.30. The average molecular weight is 288 g/mol. The number of hydrogen-bond donors (Lipinski definition) is 1. The zero-order chi connectivity index (χ0) is 14.9. The maximum atomic E-state index is 13.5. The van der Waals surface area contributed by atoms with Crippen molar-refractivity contribution in [1.82, 2.24) is 14.8 Å². The van der Waals surface area contributed by atoms with Gasteiger partial charge >= 0.3 is 6.18 Å². The van der Waals surface area contributed by atoms with E-state index in [0.717, 1.165) is 6.33 Å². The Balaban J connectivity index is 2.32. The molecule has 1 aromatic heterocycles. The van der Waals surface area contributed by atoms with E-state index in [2.05, 4.69) is 15.4 Å². The van der Waals surface area contributed by atoms with Crippen LogP contribution in [0.2, 0.25) is 0 Å². The number of alkyl halides is 3. The van der Waals surface area contributed by atoms with Crippen molar-refractivity contribution in [2.75, 3.05) is 5.32 Å². The van der Waals surface area contributed by atoms with Crippen LogP contribution in [0.15, 0.2) is 24.5 Å². The van der Waals surface area contributed by atoms with Gasteiger partial charge in [0, 0.05) is 7.05 Å². The fourth-order valence-corrected chi connectivity index (χ4v) is 1.45. The standard InChI is InChI=1S/C11H8F4N4O/c1-19-10(16-5-17-19)18-9(20)7-4-6(11(13,14)15)2-3-8(7)12/h2-5H,1H3,(H,16,17,18,20). The molecule has 0 atom stereocenters. The minimum Gasteiger partial charge on any atom is -0.291 e. The molecular formula is C11H8F4N4O. The van der Waals surface area contributed by atoms with E-state index in [-0.39, 0.29) is 5.95 Å². The summed E-state index contributed by atoms with van der Waals surface area (Å²) in [5.74, 6) is -2.10. The first-order chi connectivity index (χ1) is 9.29. The summed E-state index contributed by atoms with van der Waals surface area (Å²) in [6.07, 6.45) is -3.52. The van der Waals surface area contributed by atoms with Crippen molar-refractivity contribution in [3.8, 4) is 0 Å². The molecule has 0 saturated carbocycles. The van der Waals surface area contributed by atoms with E-state index in [4.69, 9.17) is 0 Å². The van der Waals surface area contributed by atoms with Gasteiger partial charge in [-0.05, 0) is 18.2 Å². The summed E-state index contributed by atoms with van der Waals surface area (Å²) in [6, 6.07) is 1.60. The fraction of sp³-hybridized carbons (Fsp3) is 0.182. The summed E-state index contributed by atoms with van der Waals surface area (Å²) >= 11 is 0. The van der Waals surface area contributed by atoms with Gasteiger partial charge in [0.25, 0.3) is 5.91 Å². The minimum absolute atomic E-state index is 0.00758. The van der Waals surface area contributed by atoms with Crippen LogP contribution in [-0.2, 0) is 13.2 Å². The van der Waals surface area contributed by atoms with Crippen molar-refractivity contribution in [3.63, 3.8) is 0 Å². The summed E-state index contributed by atoms with van der Waals surface area (Å²) in [5, 5.41) is 5.83. The molecule has 0 bridgehead atoms. The lowest BCUT2D eigenvalue weighted by atomic mass is 10.1. The zero-order valence-electron chi connectivity index (χ0n) is 10.1. The Morgan fingerprint density at radius 2 is 2.05 bits per heavy atom. The molecule has 1 heterocycles. The van der Waals surface area contributed by atoms with Gasteiger partial charge in [-0.3, -0.25) is 10.1 Å². The van der Waals surface area contributed by atoms with Crippen LogP contribution < -0.4 is 5.32 Å². The zero-order valence-corrected chi connectivity index (χ0v) is 10.1. The monoisotopic (exact) mass is 288 g/mol. The third kappa shape index (κ3) is 2.76. The molecule has 0 aliphatic carbocycles. The third-order valence-corrected chi connectivity index (χ3v) is 2.48. The Kier molecular flexibility index (Phi) is 3.43. The number of hydrogen-bond acceptors (Lipinski definition) is 3. The van der Waals surface area contributed by atoms with Crippen LogP contribution in [0.25, 0.3) is 0 Å². The van der Waals surface area contributed by atoms with E-state index in [1.165, 1.54) is 11.7 Å². The van der Waals surface area contributed by atoms with Crippen molar-refractivity contribution < 1.29 is 22.4 Å². The van der Waals surface area contributed by atoms with Gasteiger partial charge in [0.15, 0.2) is 0 Å². The highest BCUT2D eigenvalue weighted by Gasteiger charge is 2.32. The molecule has 5 nitrogen and oxygen atoms in total. The maximum absolute atomic E-state index is 13.5. The van der Waals surface area contributed by atoms with E-state index >= 15 is 0 Å². The van der Waals surface area contributed by atoms with Gasteiger partial charge in [0.1, 0.15) is 12.1 Å². The molecule has 0 fully saturated rings. The largest absolute Gasteiger partial charge is 0.416 e. The van der Waals surface area contributed by atoms with Gasteiger partial charge in [0.05, 0.1) is 11.1 Å². The van der Waals surface area contributed by atoms with Gasteiger partial charge in [-0.2, -0.15) is 23.3 Å². The third-order valence-electron chi connectivity index (χ3n) is 2.48. The Hall–Kier alpha value is -2.45. The van der Waals surface area contributed by atoms with Crippen LogP contribution in [0.1, 0.15) is 15.9 Å². The number of amides is 1. The Morgan fingerprint density at radius 3 is 2.60 bits per heavy atom. The second-order valence-corrected chi connectivity index (χ2v) is 3.85. The Bertz CT molecular complexity index is 650. The molecule has 106 valence electrons. The number of nitrogens with zero attached hydrogens (tertiary/aromatic N) is 3. The van der Waals surface area contributed by atoms with Crippen molar-refractivity contribution in [2.24, 2.45) is 7.05 Å². The fourth-order valence-electron chi connectivity index (χ4n) is 1.45. The van der Waals surface area contributed by atoms with Crippen LogP contribution in [0.5, 0.6) is 0 Å². The van der Waals surface area contributed by atoms with Crippen molar-refractivity contribution in [3.05, 3.63) is 41.5 Å². The molecule has 1 N–H and O–H groups in total. The number of benzene rings is 1. The summed E-state index contributed by atoms with van der Waals surface area (Å²) in [6.45, 7) is 0. The number of nitrogens with one attached hydrogen (secondary N) is 1. The summed E-state index contributed by atoms with van der Waals surface area (Å²) in [7, 11) is 1.46. The van der Waals surface area contributed by atoms with E-state index < -0.39 is 29.0 Å². The molecule has 0 aliphatic heterocycles. The Morgan fingerprint density at radius 1 is 1.35 bits per heavy atom. The normalized spacial score (nSPS) is 11.4. The molecule has 9 heteroatoms. The summed E-state index contributed by atoms with van der Waals surface area (Å²) in [5.41, 5.74) is -1.83. The number of carbonyl (C=O) groups is 1. The van der Waals surface area contributed by atoms with E-state index in [1.54, 1.807) is 0 Å². The highest BCUT2D eigenvalue weighted by atomic mass is 19.4. The molecule has 2 aromatic rings. The van der Waals surface area contributed by atoms with E-state index in [1.807, 2.05) is 0 Å². The molecular weight excluding hydrogens is 280 g/mol. The first kappa shape index (κ1) is 14.0. The maximum Gasteiger partial charge on any atom is 0.416 e. The van der Waals surface area contributed by atoms with Crippen LogP contribution >= 0.6 is 0 Å². The first-order valence-electron chi connectivity index (χ1n) is 5.31.